The largest absolute Gasteiger partial charge is 0.472 e. The number of nitrogens with zero attached hydrogens (tertiary/aromatic N) is 2. The van der Waals surface area contributed by atoms with E-state index in [1.807, 2.05) is 36.5 Å². The van der Waals surface area contributed by atoms with E-state index in [0.29, 0.717) is 12.5 Å². The lowest BCUT2D eigenvalue weighted by atomic mass is 10.1. The lowest BCUT2D eigenvalue weighted by Crippen LogP contribution is -1.99. The summed E-state index contributed by atoms with van der Waals surface area (Å²) in [5.41, 5.74) is 4.16. The van der Waals surface area contributed by atoms with Crippen molar-refractivity contribution < 1.29 is 4.74 Å². The van der Waals surface area contributed by atoms with Gasteiger partial charge in [0.1, 0.15) is 6.61 Å². The molecule has 3 nitrogen and oxygen atoms in total. The first kappa shape index (κ1) is 15.3. The van der Waals surface area contributed by atoms with E-state index in [1.165, 1.54) is 5.56 Å². The average Bonchev–Trinajstić information content (AvgIpc) is 2.67. The molecule has 4 rings (SSSR count). The number of aromatic nitrogens is 2. The Labute approximate surface area is 147 Å². The zero-order valence-electron chi connectivity index (χ0n) is 14.0. The molecule has 0 aliphatic carbocycles. The molecule has 2 aromatic heterocycles. The predicted octanol–water partition coefficient (Wildman–Crippen LogP) is 5.18. The van der Waals surface area contributed by atoms with Crippen molar-refractivity contribution in [1.29, 1.82) is 0 Å². The number of hydrogen-bond donors (Lipinski definition) is 0. The maximum Gasteiger partial charge on any atom is 0.222 e. The molecule has 0 amide bonds. The SMILES string of the molecule is Cc1ccc2cc(-c3cccnc3)nc(OCc3ccccc3)c2c1. The molecule has 0 fully saturated rings. The maximum atomic E-state index is 6.09. The van der Waals surface area contributed by atoms with Crippen molar-refractivity contribution >= 4 is 10.8 Å². The molecular weight excluding hydrogens is 308 g/mol. The van der Waals surface area contributed by atoms with Crippen LogP contribution in [0.3, 0.4) is 0 Å². The van der Waals surface area contributed by atoms with E-state index >= 15 is 0 Å². The van der Waals surface area contributed by atoms with Gasteiger partial charge in [-0.1, -0.05) is 48.0 Å². The van der Waals surface area contributed by atoms with Crippen LogP contribution in [0.2, 0.25) is 0 Å². The van der Waals surface area contributed by atoms with Crippen LogP contribution in [0.25, 0.3) is 22.0 Å². The number of hydrogen-bond acceptors (Lipinski definition) is 3. The first-order valence-electron chi connectivity index (χ1n) is 8.28. The van der Waals surface area contributed by atoms with Crippen LogP contribution in [0, 0.1) is 6.92 Å². The molecule has 3 heteroatoms. The minimum atomic E-state index is 0.493. The molecule has 0 spiro atoms. The van der Waals surface area contributed by atoms with Crippen LogP contribution >= 0.6 is 0 Å². The molecule has 2 aromatic carbocycles. The molecule has 0 saturated carbocycles. The number of pyridine rings is 2. The quantitative estimate of drug-likeness (QED) is 0.518. The second-order valence-electron chi connectivity index (χ2n) is 6.05. The molecule has 0 radical (unpaired) electrons. The molecule has 0 saturated heterocycles. The van der Waals surface area contributed by atoms with Gasteiger partial charge < -0.3 is 4.74 Å². The summed E-state index contributed by atoms with van der Waals surface area (Å²) in [5, 5.41) is 2.14. The van der Waals surface area contributed by atoms with Crippen molar-refractivity contribution in [3.63, 3.8) is 0 Å². The third-order valence-electron chi connectivity index (χ3n) is 4.13. The molecular formula is C22H18N2O. The normalized spacial score (nSPS) is 10.8. The Kier molecular flexibility index (Phi) is 4.13. The van der Waals surface area contributed by atoms with Gasteiger partial charge in [0.2, 0.25) is 5.88 Å². The molecule has 25 heavy (non-hydrogen) atoms. The summed E-state index contributed by atoms with van der Waals surface area (Å²) in [6.07, 6.45) is 3.59. The van der Waals surface area contributed by atoms with Gasteiger partial charge >= 0.3 is 0 Å². The van der Waals surface area contributed by atoms with E-state index < -0.39 is 0 Å². The molecule has 0 N–H and O–H groups in total. The average molecular weight is 326 g/mol. The number of aryl methyl sites for hydroxylation is 1. The van der Waals surface area contributed by atoms with Gasteiger partial charge in [-0.2, -0.15) is 0 Å². The van der Waals surface area contributed by atoms with E-state index in [4.69, 9.17) is 9.72 Å². The minimum Gasteiger partial charge on any atom is -0.472 e. The van der Waals surface area contributed by atoms with E-state index in [0.717, 1.165) is 27.6 Å². The van der Waals surface area contributed by atoms with Crippen LogP contribution < -0.4 is 4.74 Å². The molecule has 0 bridgehead atoms. The van der Waals surface area contributed by atoms with Crippen molar-refractivity contribution in [1.82, 2.24) is 9.97 Å². The van der Waals surface area contributed by atoms with Crippen molar-refractivity contribution in [2.45, 2.75) is 13.5 Å². The van der Waals surface area contributed by atoms with E-state index in [9.17, 15) is 0 Å². The van der Waals surface area contributed by atoms with Crippen molar-refractivity contribution in [2.75, 3.05) is 0 Å². The monoisotopic (exact) mass is 326 g/mol. The summed E-state index contributed by atoms with van der Waals surface area (Å²) < 4.78 is 6.09. The number of rotatable bonds is 4. The summed E-state index contributed by atoms with van der Waals surface area (Å²) in [7, 11) is 0. The van der Waals surface area contributed by atoms with Crippen LogP contribution in [0.1, 0.15) is 11.1 Å². The predicted molar refractivity (Wildman–Crippen MR) is 100 cm³/mol. The van der Waals surface area contributed by atoms with E-state index in [-0.39, 0.29) is 0 Å². The highest BCUT2D eigenvalue weighted by Crippen LogP contribution is 2.30. The standard InChI is InChI=1S/C22H18N2O/c1-16-9-10-18-13-21(19-8-5-11-23-14-19)24-22(20(18)12-16)25-15-17-6-3-2-4-7-17/h2-14H,15H2,1H3. The van der Waals surface area contributed by atoms with Crippen LogP contribution in [0.15, 0.2) is 79.1 Å². The zero-order valence-corrected chi connectivity index (χ0v) is 14.0. The summed E-state index contributed by atoms with van der Waals surface area (Å²) in [5.74, 6) is 0.656. The Hall–Kier alpha value is -3.20. The third-order valence-corrected chi connectivity index (χ3v) is 4.13. The summed E-state index contributed by atoms with van der Waals surface area (Å²) in [4.78, 5) is 8.96. The van der Waals surface area contributed by atoms with Gasteiger partial charge in [0, 0.05) is 23.3 Å². The second kappa shape index (κ2) is 6.73. The van der Waals surface area contributed by atoms with Crippen molar-refractivity contribution in [3.8, 4) is 17.1 Å². The fourth-order valence-electron chi connectivity index (χ4n) is 2.83. The molecule has 0 aliphatic heterocycles. The van der Waals surface area contributed by atoms with Crippen LogP contribution in [-0.2, 0) is 6.61 Å². The maximum absolute atomic E-state index is 6.09. The van der Waals surface area contributed by atoms with Gasteiger partial charge in [-0.15, -0.1) is 0 Å². The minimum absolute atomic E-state index is 0.493. The fraction of sp³-hybridized carbons (Fsp3) is 0.0909. The first-order chi connectivity index (χ1) is 12.3. The van der Waals surface area contributed by atoms with Gasteiger partial charge in [-0.05, 0) is 42.1 Å². The Bertz CT molecular complexity index is 998. The number of fused-ring (bicyclic) bond motifs is 1. The number of benzene rings is 2. The van der Waals surface area contributed by atoms with Gasteiger partial charge in [0.05, 0.1) is 5.69 Å². The van der Waals surface area contributed by atoms with Crippen LogP contribution in [-0.4, -0.2) is 9.97 Å². The Morgan fingerprint density at radius 1 is 0.920 bits per heavy atom. The lowest BCUT2D eigenvalue weighted by Gasteiger charge is -2.12. The Morgan fingerprint density at radius 2 is 1.80 bits per heavy atom. The molecule has 4 aromatic rings. The highest BCUT2D eigenvalue weighted by molar-refractivity contribution is 5.90. The lowest BCUT2D eigenvalue weighted by molar-refractivity contribution is 0.298. The highest BCUT2D eigenvalue weighted by Gasteiger charge is 2.10. The molecule has 0 aliphatic rings. The van der Waals surface area contributed by atoms with Gasteiger partial charge in [-0.3, -0.25) is 4.98 Å². The molecule has 0 unspecified atom stereocenters. The number of ether oxygens (including phenoxy) is 1. The highest BCUT2D eigenvalue weighted by atomic mass is 16.5. The second-order valence-corrected chi connectivity index (χ2v) is 6.05. The van der Waals surface area contributed by atoms with Gasteiger partial charge in [-0.25, -0.2) is 4.98 Å². The molecule has 122 valence electrons. The van der Waals surface area contributed by atoms with E-state index in [2.05, 4.69) is 48.3 Å². The summed E-state index contributed by atoms with van der Waals surface area (Å²) >= 11 is 0. The van der Waals surface area contributed by atoms with E-state index in [1.54, 1.807) is 6.20 Å². The molecule has 0 atom stereocenters. The third kappa shape index (κ3) is 3.36. The van der Waals surface area contributed by atoms with Crippen LogP contribution in [0.4, 0.5) is 0 Å². The Balaban J connectivity index is 1.78. The summed E-state index contributed by atoms with van der Waals surface area (Å²) in [6.45, 7) is 2.57. The molecule has 2 heterocycles. The first-order valence-corrected chi connectivity index (χ1v) is 8.28. The van der Waals surface area contributed by atoms with Crippen molar-refractivity contribution in [2.24, 2.45) is 0 Å². The van der Waals surface area contributed by atoms with Crippen molar-refractivity contribution in [3.05, 3.63) is 90.3 Å². The Morgan fingerprint density at radius 3 is 2.60 bits per heavy atom. The fourth-order valence-corrected chi connectivity index (χ4v) is 2.83. The summed E-state index contributed by atoms with van der Waals surface area (Å²) in [6, 6.07) is 22.5. The van der Waals surface area contributed by atoms with Crippen LogP contribution in [0.5, 0.6) is 5.88 Å². The van der Waals surface area contributed by atoms with Gasteiger partial charge in [0.25, 0.3) is 0 Å². The topological polar surface area (TPSA) is 35.0 Å². The van der Waals surface area contributed by atoms with Gasteiger partial charge in [0.15, 0.2) is 0 Å². The zero-order chi connectivity index (χ0) is 17.1. The smallest absolute Gasteiger partial charge is 0.222 e.